The Kier molecular flexibility index (Phi) is 4.95. The van der Waals surface area contributed by atoms with Crippen LogP contribution in [0.25, 0.3) is 0 Å². The molecule has 0 aliphatic carbocycles. The van der Waals surface area contributed by atoms with Gasteiger partial charge < -0.3 is 10.2 Å². The maximum absolute atomic E-state index is 4.44. The molecule has 0 saturated heterocycles. The highest BCUT2D eigenvalue weighted by Crippen LogP contribution is 2.13. The summed E-state index contributed by atoms with van der Waals surface area (Å²) in [5, 5.41) is 3.32. The molecule has 84 valence electrons. The number of aromatic nitrogens is 1. The van der Waals surface area contributed by atoms with Crippen molar-refractivity contribution in [3.8, 4) is 0 Å². The van der Waals surface area contributed by atoms with E-state index in [1.807, 2.05) is 6.20 Å². The average Bonchev–Trinajstić information content (AvgIpc) is 2.29. The summed E-state index contributed by atoms with van der Waals surface area (Å²) in [6.45, 7) is 9.47. The lowest BCUT2D eigenvalue weighted by atomic mass is 10.3. The molecule has 0 unspecified atom stereocenters. The number of hydrogen-bond acceptors (Lipinski definition) is 3. The van der Waals surface area contributed by atoms with Crippen molar-refractivity contribution in [1.29, 1.82) is 0 Å². The Morgan fingerprint density at radius 3 is 2.40 bits per heavy atom. The second-order valence-corrected chi connectivity index (χ2v) is 3.50. The molecule has 0 radical (unpaired) electrons. The van der Waals surface area contributed by atoms with Gasteiger partial charge in [0.15, 0.2) is 0 Å². The van der Waals surface area contributed by atoms with Crippen LogP contribution < -0.4 is 10.2 Å². The van der Waals surface area contributed by atoms with Crippen LogP contribution in [-0.2, 0) is 0 Å². The van der Waals surface area contributed by atoms with Crippen molar-refractivity contribution in [3.05, 3.63) is 18.3 Å². The zero-order chi connectivity index (χ0) is 11.1. The van der Waals surface area contributed by atoms with Gasteiger partial charge in [-0.3, -0.25) is 0 Å². The standard InChI is InChI=1S/C12H21N3/c1-4-9-13-11-7-8-12(14-10-11)15(5-2)6-3/h7-8,10,13H,4-6,9H2,1-3H3. The summed E-state index contributed by atoms with van der Waals surface area (Å²) in [5.74, 6) is 1.06. The van der Waals surface area contributed by atoms with E-state index in [0.717, 1.165) is 37.6 Å². The quantitative estimate of drug-likeness (QED) is 0.777. The highest BCUT2D eigenvalue weighted by Gasteiger charge is 2.01. The van der Waals surface area contributed by atoms with Crippen LogP contribution in [0.5, 0.6) is 0 Å². The number of rotatable bonds is 6. The van der Waals surface area contributed by atoms with Crippen LogP contribution in [0.1, 0.15) is 27.2 Å². The van der Waals surface area contributed by atoms with E-state index in [-0.39, 0.29) is 0 Å². The second kappa shape index (κ2) is 6.27. The fraction of sp³-hybridized carbons (Fsp3) is 0.583. The van der Waals surface area contributed by atoms with E-state index >= 15 is 0 Å². The van der Waals surface area contributed by atoms with Crippen LogP contribution in [0.4, 0.5) is 11.5 Å². The highest BCUT2D eigenvalue weighted by molar-refractivity contribution is 5.48. The molecule has 0 aliphatic heterocycles. The number of hydrogen-bond donors (Lipinski definition) is 1. The lowest BCUT2D eigenvalue weighted by Gasteiger charge is -2.19. The van der Waals surface area contributed by atoms with E-state index in [1.54, 1.807) is 0 Å². The number of nitrogens with zero attached hydrogens (tertiary/aromatic N) is 2. The third-order valence-corrected chi connectivity index (χ3v) is 2.41. The lowest BCUT2D eigenvalue weighted by Crippen LogP contribution is -2.22. The van der Waals surface area contributed by atoms with Gasteiger partial charge in [-0.2, -0.15) is 0 Å². The summed E-state index contributed by atoms with van der Waals surface area (Å²) >= 11 is 0. The summed E-state index contributed by atoms with van der Waals surface area (Å²) in [4.78, 5) is 6.68. The van der Waals surface area contributed by atoms with E-state index in [9.17, 15) is 0 Å². The maximum Gasteiger partial charge on any atom is 0.128 e. The maximum atomic E-state index is 4.44. The molecular formula is C12H21N3. The zero-order valence-corrected chi connectivity index (χ0v) is 9.95. The predicted octanol–water partition coefficient (Wildman–Crippen LogP) is 2.75. The minimum absolute atomic E-state index is 1.01. The molecule has 3 heteroatoms. The van der Waals surface area contributed by atoms with Gasteiger partial charge in [0, 0.05) is 19.6 Å². The van der Waals surface area contributed by atoms with E-state index in [1.165, 1.54) is 0 Å². The first kappa shape index (κ1) is 11.8. The molecule has 0 spiro atoms. The molecule has 1 heterocycles. The Balaban J connectivity index is 2.62. The molecular weight excluding hydrogens is 186 g/mol. The molecule has 0 bridgehead atoms. The molecule has 0 atom stereocenters. The summed E-state index contributed by atoms with van der Waals surface area (Å²) in [6, 6.07) is 4.17. The third-order valence-electron chi connectivity index (χ3n) is 2.41. The van der Waals surface area contributed by atoms with Crippen molar-refractivity contribution in [1.82, 2.24) is 4.98 Å². The fourth-order valence-corrected chi connectivity index (χ4v) is 1.49. The average molecular weight is 207 g/mol. The monoisotopic (exact) mass is 207 g/mol. The largest absolute Gasteiger partial charge is 0.384 e. The van der Waals surface area contributed by atoms with Crippen molar-refractivity contribution in [2.24, 2.45) is 0 Å². The summed E-state index contributed by atoms with van der Waals surface area (Å²) in [6.07, 6.45) is 3.04. The van der Waals surface area contributed by atoms with Gasteiger partial charge in [0.2, 0.25) is 0 Å². The van der Waals surface area contributed by atoms with E-state index in [0.29, 0.717) is 0 Å². The van der Waals surface area contributed by atoms with E-state index < -0.39 is 0 Å². The van der Waals surface area contributed by atoms with Gasteiger partial charge in [-0.25, -0.2) is 4.98 Å². The molecule has 15 heavy (non-hydrogen) atoms. The lowest BCUT2D eigenvalue weighted by molar-refractivity contribution is 0.846. The first-order valence-corrected chi connectivity index (χ1v) is 5.76. The molecule has 0 aromatic carbocycles. The van der Waals surface area contributed by atoms with Gasteiger partial charge in [0.1, 0.15) is 5.82 Å². The molecule has 0 fully saturated rings. The van der Waals surface area contributed by atoms with Crippen LogP contribution in [0.3, 0.4) is 0 Å². The van der Waals surface area contributed by atoms with Gasteiger partial charge in [-0.1, -0.05) is 6.92 Å². The predicted molar refractivity (Wildman–Crippen MR) is 66.6 cm³/mol. The molecule has 0 aliphatic rings. The molecule has 1 aromatic rings. The van der Waals surface area contributed by atoms with Crippen molar-refractivity contribution in [2.45, 2.75) is 27.2 Å². The third kappa shape index (κ3) is 3.42. The molecule has 1 aromatic heterocycles. The minimum atomic E-state index is 1.01. The Bertz CT molecular complexity index is 265. The molecule has 0 amide bonds. The minimum Gasteiger partial charge on any atom is -0.384 e. The molecule has 0 saturated carbocycles. The Hall–Kier alpha value is -1.25. The van der Waals surface area contributed by atoms with Gasteiger partial charge >= 0.3 is 0 Å². The zero-order valence-electron chi connectivity index (χ0n) is 9.95. The Morgan fingerprint density at radius 1 is 1.20 bits per heavy atom. The van der Waals surface area contributed by atoms with Gasteiger partial charge in [-0.05, 0) is 32.4 Å². The first-order chi connectivity index (χ1) is 7.31. The number of nitrogens with one attached hydrogen (secondary N) is 1. The van der Waals surface area contributed by atoms with Gasteiger partial charge in [0.25, 0.3) is 0 Å². The normalized spacial score (nSPS) is 10.1. The summed E-state index contributed by atoms with van der Waals surface area (Å²) in [5.41, 5.74) is 1.10. The smallest absolute Gasteiger partial charge is 0.128 e. The second-order valence-electron chi connectivity index (χ2n) is 3.50. The Labute approximate surface area is 92.5 Å². The molecule has 1 N–H and O–H groups in total. The topological polar surface area (TPSA) is 28.2 Å². The van der Waals surface area contributed by atoms with Crippen LogP contribution >= 0.6 is 0 Å². The van der Waals surface area contributed by atoms with E-state index in [2.05, 4.69) is 48.1 Å². The number of anilines is 2. The van der Waals surface area contributed by atoms with Gasteiger partial charge in [0.05, 0.1) is 11.9 Å². The first-order valence-electron chi connectivity index (χ1n) is 5.76. The van der Waals surface area contributed by atoms with Crippen molar-refractivity contribution >= 4 is 11.5 Å². The van der Waals surface area contributed by atoms with Crippen molar-refractivity contribution in [3.63, 3.8) is 0 Å². The molecule has 3 nitrogen and oxygen atoms in total. The highest BCUT2D eigenvalue weighted by atomic mass is 15.2. The molecule has 1 rings (SSSR count). The Morgan fingerprint density at radius 2 is 1.93 bits per heavy atom. The SMILES string of the molecule is CCCNc1ccc(N(CC)CC)nc1. The van der Waals surface area contributed by atoms with Crippen molar-refractivity contribution < 1.29 is 0 Å². The summed E-state index contributed by atoms with van der Waals surface area (Å²) in [7, 11) is 0. The van der Waals surface area contributed by atoms with Gasteiger partial charge in [-0.15, -0.1) is 0 Å². The van der Waals surface area contributed by atoms with Crippen LogP contribution in [-0.4, -0.2) is 24.6 Å². The summed E-state index contributed by atoms with van der Waals surface area (Å²) < 4.78 is 0. The van der Waals surface area contributed by atoms with E-state index in [4.69, 9.17) is 0 Å². The van der Waals surface area contributed by atoms with Crippen molar-refractivity contribution in [2.75, 3.05) is 29.9 Å². The number of pyridine rings is 1. The van der Waals surface area contributed by atoms with Crippen LogP contribution in [0.2, 0.25) is 0 Å². The van der Waals surface area contributed by atoms with Crippen LogP contribution in [0, 0.1) is 0 Å². The van der Waals surface area contributed by atoms with Crippen LogP contribution in [0.15, 0.2) is 18.3 Å². The fourth-order valence-electron chi connectivity index (χ4n) is 1.49.